The molecule has 0 aliphatic heterocycles. The number of carbonyl (C=O) groups is 2. The Morgan fingerprint density at radius 2 is 1.62 bits per heavy atom. The molecule has 0 saturated heterocycles. The predicted octanol–water partition coefficient (Wildman–Crippen LogP) is 4.49. The van der Waals surface area contributed by atoms with Gasteiger partial charge in [-0.25, -0.2) is 0 Å². The standard InChI is InChI=1S/C26H24N4O2.2ClH/c1-28-25(31)19-7-5-18(6-8-19)23-4-2-3-20-14-21(9-10-24(20)23)26(32)30-16-22-13-17(15-27)11-12-29-22;;/h2-14H,15-16,27H2,1H3,(H,28,31)(H,30,32);2*1H. The lowest BCUT2D eigenvalue weighted by Gasteiger charge is -2.10. The van der Waals surface area contributed by atoms with Crippen molar-refractivity contribution in [1.29, 1.82) is 0 Å². The fraction of sp³-hybridized carbons (Fsp3) is 0.115. The second-order valence-corrected chi connectivity index (χ2v) is 7.44. The van der Waals surface area contributed by atoms with Crippen LogP contribution in [0.25, 0.3) is 21.9 Å². The van der Waals surface area contributed by atoms with Gasteiger partial charge in [-0.15, -0.1) is 24.8 Å². The molecule has 6 nitrogen and oxygen atoms in total. The highest BCUT2D eigenvalue weighted by Crippen LogP contribution is 2.29. The van der Waals surface area contributed by atoms with E-state index in [4.69, 9.17) is 5.73 Å². The molecule has 4 rings (SSSR count). The van der Waals surface area contributed by atoms with Gasteiger partial charge in [0.05, 0.1) is 12.2 Å². The maximum atomic E-state index is 12.7. The number of nitrogens with one attached hydrogen (secondary N) is 2. The molecule has 176 valence electrons. The molecule has 4 aromatic rings. The molecule has 1 aromatic heterocycles. The van der Waals surface area contributed by atoms with Gasteiger partial charge in [-0.1, -0.05) is 36.4 Å². The molecular weight excluding hydrogens is 471 g/mol. The minimum atomic E-state index is -0.160. The molecule has 3 aromatic carbocycles. The van der Waals surface area contributed by atoms with Gasteiger partial charge in [-0.3, -0.25) is 14.6 Å². The zero-order chi connectivity index (χ0) is 22.5. The van der Waals surface area contributed by atoms with E-state index in [2.05, 4.69) is 15.6 Å². The number of carbonyl (C=O) groups excluding carboxylic acids is 2. The number of hydrogen-bond donors (Lipinski definition) is 3. The van der Waals surface area contributed by atoms with Gasteiger partial charge in [0, 0.05) is 30.9 Å². The summed E-state index contributed by atoms with van der Waals surface area (Å²) in [7, 11) is 1.61. The third kappa shape index (κ3) is 5.91. The van der Waals surface area contributed by atoms with Crippen molar-refractivity contribution in [2.75, 3.05) is 7.05 Å². The van der Waals surface area contributed by atoms with Crippen LogP contribution in [0.2, 0.25) is 0 Å². The summed E-state index contributed by atoms with van der Waals surface area (Å²) >= 11 is 0. The first kappa shape index (κ1) is 26.8. The van der Waals surface area contributed by atoms with E-state index in [9.17, 15) is 9.59 Å². The molecule has 0 fully saturated rings. The fourth-order valence-corrected chi connectivity index (χ4v) is 3.65. The summed E-state index contributed by atoms with van der Waals surface area (Å²) in [5.74, 6) is -0.276. The first-order chi connectivity index (χ1) is 15.6. The second-order valence-electron chi connectivity index (χ2n) is 7.44. The fourth-order valence-electron chi connectivity index (χ4n) is 3.65. The van der Waals surface area contributed by atoms with Crippen LogP contribution in [0.15, 0.2) is 79.0 Å². The van der Waals surface area contributed by atoms with E-state index >= 15 is 0 Å². The van der Waals surface area contributed by atoms with Crippen molar-refractivity contribution in [3.63, 3.8) is 0 Å². The van der Waals surface area contributed by atoms with Gasteiger partial charge >= 0.3 is 0 Å². The summed E-state index contributed by atoms with van der Waals surface area (Å²) in [6.45, 7) is 0.771. The lowest BCUT2D eigenvalue weighted by molar-refractivity contribution is 0.0946. The average molecular weight is 497 g/mol. The molecule has 34 heavy (non-hydrogen) atoms. The molecule has 0 saturated carbocycles. The van der Waals surface area contributed by atoms with E-state index < -0.39 is 0 Å². The molecule has 0 spiro atoms. The zero-order valence-electron chi connectivity index (χ0n) is 18.6. The highest BCUT2D eigenvalue weighted by atomic mass is 35.5. The molecule has 0 bridgehead atoms. The monoisotopic (exact) mass is 496 g/mol. The number of nitrogens with zero attached hydrogens (tertiary/aromatic N) is 1. The van der Waals surface area contributed by atoms with Crippen molar-refractivity contribution in [2.24, 2.45) is 5.73 Å². The molecular formula is C26H26Cl2N4O2. The zero-order valence-corrected chi connectivity index (χ0v) is 20.2. The number of pyridine rings is 1. The Bertz CT molecular complexity index is 1290. The van der Waals surface area contributed by atoms with Crippen LogP contribution in [-0.2, 0) is 13.1 Å². The first-order valence-electron chi connectivity index (χ1n) is 10.4. The van der Waals surface area contributed by atoms with E-state index in [-0.39, 0.29) is 36.6 Å². The van der Waals surface area contributed by atoms with Crippen LogP contribution < -0.4 is 16.4 Å². The van der Waals surface area contributed by atoms with Crippen molar-refractivity contribution < 1.29 is 9.59 Å². The number of nitrogens with two attached hydrogens (primary N) is 1. The van der Waals surface area contributed by atoms with Crippen LogP contribution in [0, 0.1) is 0 Å². The Labute approximate surface area is 210 Å². The summed E-state index contributed by atoms with van der Waals surface area (Å²) < 4.78 is 0. The minimum Gasteiger partial charge on any atom is -0.355 e. The van der Waals surface area contributed by atoms with Crippen molar-refractivity contribution in [3.8, 4) is 11.1 Å². The van der Waals surface area contributed by atoms with E-state index in [0.29, 0.717) is 24.2 Å². The van der Waals surface area contributed by atoms with Crippen molar-refractivity contribution in [1.82, 2.24) is 15.6 Å². The molecule has 0 aliphatic carbocycles. The van der Waals surface area contributed by atoms with Gasteiger partial charge in [0.1, 0.15) is 0 Å². The number of amides is 2. The van der Waals surface area contributed by atoms with Crippen LogP contribution in [0.1, 0.15) is 32.0 Å². The molecule has 0 unspecified atom stereocenters. The van der Waals surface area contributed by atoms with Crippen LogP contribution in [0.4, 0.5) is 0 Å². The number of benzene rings is 3. The summed E-state index contributed by atoms with van der Waals surface area (Å²) in [5.41, 5.74) is 10.7. The van der Waals surface area contributed by atoms with E-state index in [1.807, 2.05) is 72.8 Å². The quantitative estimate of drug-likeness (QED) is 0.366. The highest BCUT2D eigenvalue weighted by Gasteiger charge is 2.10. The number of halogens is 2. The molecule has 4 N–H and O–H groups in total. The van der Waals surface area contributed by atoms with Crippen molar-refractivity contribution >= 4 is 47.4 Å². The molecule has 0 atom stereocenters. The molecule has 8 heteroatoms. The summed E-state index contributed by atoms with van der Waals surface area (Å²) in [4.78, 5) is 28.8. The van der Waals surface area contributed by atoms with E-state index in [1.54, 1.807) is 13.2 Å². The third-order valence-electron chi connectivity index (χ3n) is 5.37. The maximum absolute atomic E-state index is 12.7. The smallest absolute Gasteiger partial charge is 0.251 e. The highest BCUT2D eigenvalue weighted by molar-refractivity contribution is 6.03. The Kier molecular flexibility index (Phi) is 9.57. The maximum Gasteiger partial charge on any atom is 0.251 e. The van der Waals surface area contributed by atoms with Crippen molar-refractivity contribution in [3.05, 3.63) is 101 Å². The number of hydrogen-bond acceptors (Lipinski definition) is 4. The first-order valence-corrected chi connectivity index (χ1v) is 10.4. The molecule has 2 amide bonds. The number of rotatable bonds is 6. The predicted molar refractivity (Wildman–Crippen MR) is 141 cm³/mol. The van der Waals surface area contributed by atoms with E-state index in [1.165, 1.54) is 0 Å². The van der Waals surface area contributed by atoms with Crippen LogP contribution in [0.3, 0.4) is 0 Å². The topological polar surface area (TPSA) is 97.1 Å². The van der Waals surface area contributed by atoms with Crippen LogP contribution >= 0.6 is 24.8 Å². The summed E-state index contributed by atoms with van der Waals surface area (Å²) in [5, 5.41) is 7.55. The SMILES string of the molecule is CNC(=O)c1ccc(-c2cccc3cc(C(=O)NCc4cc(CN)ccn4)ccc23)cc1.Cl.Cl. The lowest BCUT2D eigenvalue weighted by atomic mass is 9.96. The third-order valence-corrected chi connectivity index (χ3v) is 5.37. The lowest BCUT2D eigenvalue weighted by Crippen LogP contribution is -2.23. The minimum absolute atomic E-state index is 0. The number of fused-ring (bicyclic) bond motifs is 1. The van der Waals surface area contributed by atoms with Crippen molar-refractivity contribution in [2.45, 2.75) is 13.1 Å². The van der Waals surface area contributed by atoms with Gasteiger partial charge in [-0.05, 0) is 63.9 Å². The molecule has 1 heterocycles. The molecule has 0 aliphatic rings. The van der Waals surface area contributed by atoms with Crippen LogP contribution in [-0.4, -0.2) is 23.8 Å². The normalized spacial score (nSPS) is 10.1. The summed E-state index contributed by atoms with van der Waals surface area (Å²) in [6.07, 6.45) is 1.70. The molecule has 0 radical (unpaired) electrons. The number of aromatic nitrogens is 1. The van der Waals surface area contributed by atoms with Gasteiger partial charge in [-0.2, -0.15) is 0 Å². The Morgan fingerprint density at radius 1 is 0.882 bits per heavy atom. The average Bonchev–Trinajstić information content (AvgIpc) is 2.86. The van der Waals surface area contributed by atoms with Gasteiger partial charge in [0.25, 0.3) is 11.8 Å². The Balaban J connectivity index is 0.00000204. The Hall–Kier alpha value is -3.45. The van der Waals surface area contributed by atoms with Crippen LogP contribution in [0.5, 0.6) is 0 Å². The second kappa shape index (κ2) is 12.1. The van der Waals surface area contributed by atoms with Gasteiger partial charge < -0.3 is 16.4 Å². The summed E-state index contributed by atoms with van der Waals surface area (Å²) in [6, 6.07) is 22.9. The van der Waals surface area contributed by atoms with E-state index in [0.717, 1.165) is 33.2 Å². The largest absolute Gasteiger partial charge is 0.355 e. The van der Waals surface area contributed by atoms with Gasteiger partial charge in [0.2, 0.25) is 0 Å². The Morgan fingerprint density at radius 3 is 2.32 bits per heavy atom. The van der Waals surface area contributed by atoms with Gasteiger partial charge in [0.15, 0.2) is 0 Å².